The third kappa shape index (κ3) is 3.42. The minimum Gasteiger partial charge on any atom is -0.342 e. The van der Waals surface area contributed by atoms with Crippen molar-refractivity contribution in [2.24, 2.45) is 0 Å². The predicted octanol–water partition coefficient (Wildman–Crippen LogP) is 2.53. The van der Waals surface area contributed by atoms with Crippen molar-refractivity contribution < 1.29 is 4.79 Å². The molecule has 0 saturated heterocycles. The van der Waals surface area contributed by atoms with E-state index < -0.39 is 0 Å². The second-order valence-corrected chi connectivity index (χ2v) is 4.74. The predicted molar refractivity (Wildman–Crippen MR) is 64.1 cm³/mol. The Bertz CT molecular complexity index is 274. The smallest absolute Gasteiger partial charge is 0.227 e. The van der Waals surface area contributed by atoms with Gasteiger partial charge in [-0.1, -0.05) is 22.0 Å². The van der Waals surface area contributed by atoms with E-state index in [9.17, 15) is 4.79 Å². The van der Waals surface area contributed by atoms with Crippen LogP contribution in [0.4, 0.5) is 0 Å². The standard InChI is InChI=1S/C10H14BrNOS/c1-2-12(6-5-11)10(13)8-9-4-3-7-14-9/h3-4,7H,2,5-6,8H2,1H3. The van der Waals surface area contributed by atoms with Gasteiger partial charge < -0.3 is 4.90 Å². The summed E-state index contributed by atoms with van der Waals surface area (Å²) < 4.78 is 0. The van der Waals surface area contributed by atoms with Crippen LogP contribution in [-0.4, -0.2) is 29.2 Å². The van der Waals surface area contributed by atoms with Crippen LogP contribution in [-0.2, 0) is 11.2 Å². The molecule has 1 aromatic heterocycles. The molecule has 2 nitrogen and oxygen atoms in total. The number of hydrogen-bond donors (Lipinski definition) is 0. The molecule has 0 N–H and O–H groups in total. The molecule has 0 fully saturated rings. The number of carbonyl (C=O) groups excluding carboxylic acids is 1. The number of carbonyl (C=O) groups is 1. The largest absolute Gasteiger partial charge is 0.342 e. The van der Waals surface area contributed by atoms with Crippen LogP contribution in [0.2, 0.25) is 0 Å². The van der Waals surface area contributed by atoms with Gasteiger partial charge in [-0.2, -0.15) is 0 Å². The van der Waals surface area contributed by atoms with Gasteiger partial charge in [-0.3, -0.25) is 4.79 Å². The summed E-state index contributed by atoms with van der Waals surface area (Å²) in [4.78, 5) is 14.8. The second-order valence-electron chi connectivity index (χ2n) is 2.92. The summed E-state index contributed by atoms with van der Waals surface area (Å²) in [5.41, 5.74) is 0. The van der Waals surface area contributed by atoms with E-state index in [-0.39, 0.29) is 5.91 Å². The van der Waals surface area contributed by atoms with Gasteiger partial charge >= 0.3 is 0 Å². The van der Waals surface area contributed by atoms with E-state index in [0.717, 1.165) is 23.3 Å². The number of hydrogen-bond acceptors (Lipinski definition) is 2. The highest BCUT2D eigenvalue weighted by Crippen LogP contribution is 2.10. The van der Waals surface area contributed by atoms with Crippen molar-refractivity contribution in [2.45, 2.75) is 13.3 Å². The molecular weight excluding hydrogens is 262 g/mol. The molecule has 0 spiro atoms. The van der Waals surface area contributed by atoms with Crippen LogP contribution in [0.3, 0.4) is 0 Å². The molecule has 1 aromatic rings. The fraction of sp³-hybridized carbons (Fsp3) is 0.500. The molecule has 1 amide bonds. The van der Waals surface area contributed by atoms with Gasteiger partial charge in [0.1, 0.15) is 0 Å². The Labute approximate surface area is 97.1 Å². The number of likely N-dealkylation sites (N-methyl/N-ethyl adjacent to an activating group) is 1. The summed E-state index contributed by atoms with van der Waals surface area (Å²) in [7, 11) is 0. The zero-order valence-electron chi connectivity index (χ0n) is 8.20. The van der Waals surface area contributed by atoms with E-state index in [1.807, 2.05) is 29.3 Å². The Morgan fingerprint density at radius 2 is 2.43 bits per heavy atom. The Kier molecular flexibility index (Phi) is 5.19. The van der Waals surface area contributed by atoms with Crippen molar-refractivity contribution in [1.29, 1.82) is 0 Å². The van der Waals surface area contributed by atoms with Gasteiger partial charge in [0.2, 0.25) is 5.91 Å². The van der Waals surface area contributed by atoms with Crippen LogP contribution in [0.15, 0.2) is 17.5 Å². The molecular formula is C10H14BrNOS. The maximum Gasteiger partial charge on any atom is 0.227 e. The molecule has 4 heteroatoms. The lowest BCUT2D eigenvalue weighted by molar-refractivity contribution is -0.129. The maximum absolute atomic E-state index is 11.7. The number of thiophene rings is 1. The van der Waals surface area contributed by atoms with E-state index in [1.165, 1.54) is 0 Å². The number of amides is 1. The summed E-state index contributed by atoms with van der Waals surface area (Å²) in [6, 6.07) is 3.98. The Morgan fingerprint density at radius 3 is 2.93 bits per heavy atom. The molecule has 0 aliphatic heterocycles. The van der Waals surface area contributed by atoms with Gasteiger partial charge in [-0.05, 0) is 18.4 Å². The molecule has 1 rings (SSSR count). The van der Waals surface area contributed by atoms with Crippen molar-refractivity contribution >= 4 is 33.2 Å². The molecule has 0 aliphatic carbocycles. The van der Waals surface area contributed by atoms with Crippen LogP contribution < -0.4 is 0 Å². The van der Waals surface area contributed by atoms with Gasteiger partial charge in [0.25, 0.3) is 0 Å². The summed E-state index contributed by atoms with van der Waals surface area (Å²) in [6.07, 6.45) is 0.540. The van der Waals surface area contributed by atoms with E-state index in [1.54, 1.807) is 11.3 Å². The molecule has 0 radical (unpaired) electrons. The van der Waals surface area contributed by atoms with E-state index in [2.05, 4.69) is 15.9 Å². The molecule has 0 unspecified atom stereocenters. The van der Waals surface area contributed by atoms with Crippen molar-refractivity contribution in [2.75, 3.05) is 18.4 Å². The van der Waals surface area contributed by atoms with Crippen molar-refractivity contribution in [3.8, 4) is 0 Å². The molecule has 78 valence electrons. The molecule has 0 bridgehead atoms. The van der Waals surface area contributed by atoms with Gasteiger partial charge in [0.15, 0.2) is 0 Å². The fourth-order valence-electron chi connectivity index (χ4n) is 1.24. The monoisotopic (exact) mass is 275 g/mol. The second kappa shape index (κ2) is 6.19. The summed E-state index contributed by atoms with van der Waals surface area (Å²) in [6.45, 7) is 3.59. The first-order chi connectivity index (χ1) is 6.77. The SMILES string of the molecule is CCN(CCBr)C(=O)Cc1cccs1. The lowest BCUT2D eigenvalue weighted by Crippen LogP contribution is -2.33. The van der Waals surface area contributed by atoms with E-state index in [4.69, 9.17) is 0 Å². The third-order valence-electron chi connectivity index (χ3n) is 1.99. The molecule has 14 heavy (non-hydrogen) atoms. The Balaban J connectivity index is 2.47. The van der Waals surface area contributed by atoms with Crippen LogP contribution in [0.5, 0.6) is 0 Å². The average Bonchev–Trinajstić information content (AvgIpc) is 2.66. The number of halogens is 1. The summed E-state index contributed by atoms with van der Waals surface area (Å²) in [5, 5.41) is 2.85. The molecule has 0 atom stereocenters. The van der Waals surface area contributed by atoms with E-state index in [0.29, 0.717) is 6.42 Å². The number of nitrogens with zero attached hydrogens (tertiary/aromatic N) is 1. The van der Waals surface area contributed by atoms with Gasteiger partial charge in [0.05, 0.1) is 6.42 Å². The van der Waals surface area contributed by atoms with Crippen LogP contribution in [0.1, 0.15) is 11.8 Å². The quantitative estimate of drug-likeness (QED) is 0.757. The fourth-order valence-corrected chi connectivity index (χ4v) is 2.36. The lowest BCUT2D eigenvalue weighted by atomic mass is 10.3. The Morgan fingerprint density at radius 1 is 1.64 bits per heavy atom. The maximum atomic E-state index is 11.7. The number of rotatable bonds is 5. The Hall–Kier alpha value is -0.350. The average molecular weight is 276 g/mol. The molecule has 0 aromatic carbocycles. The van der Waals surface area contributed by atoms with Crippen molar-refractivity contribution in [3.05, 3.63) is 22.4 Å². The van der Waals surface area contributed by atoms with Crippen molar-refractivity contribution in [3.63, 3.8) is 0 Å². The third-order valence-corrected chi connectivity index (χ3v) is 3.23. The minimum atomic E-state index is 0.217. The summed E-state index contributed by atoms with van der Waals surface area (Å²) >= 11 is 4.98. The zero-order valence-corrected chi connectivity index (χ0v) is 10.6. The minimum absolute atomic E-state index is 0.217. The molecule has 0 saturated carbocycles. The van der Waals surface area contributed by atoms with Crippen LogP contribution in [0, 0.1) is 0 Å². The first-order valence-corrected chi connectivity index (χ1v) is 6.64. The van der Waals surface area contributed by atoms with Crippen molar-refractivity contribution in [1.82, 2.24) is 4.90 Å². The van der Waals surface area contributed by atoms with Gasteiger partial charge in [0, 0.05) is 23.3 Å². The van der Waals surface area contributed by atoms with Gasteiger partial charge in [-0.25, -0.2) is 0 Å². The highest BCUT2D eigenvalue weighted by atomic mass is 79.9. The first kappa shape index (κ1) is 11.7. The zero-order chi connectivity index (χ0) is 10.4. The molecule has 0 aliphatic rings. The van der Waals surface area contributed by atoms with E-state index >= 15 is 0 Å². The first-order valence-electron chi connectivity index (χ1n) is 4.64. The highest BCUT2D eigenvalue weighted by Gasteiger charge is 2.11. The lowest BCUT2D eigenvalue weighted by Gasteiger charge is -2.19. The topological polar surface area (TPSA) is 20.3 Å². The molecule has 1 heterocycles. The highest BCUT2D eigenvalue weighted by molar-refractivity contribution is 9.09. The normalized spacial score (nSPS) is 10.1. The number of alkyl halides is 1. The van der Waals surface area contributed by atoms with Gasteiger partial charge in [-0.15, -0.1) is 11.3 Å². The van der Waals surface area contributed by atoms with Crippen LogP contribution in [0.25, 0.3) is 0 Å². The van der Waals surface area contributed by atoms with Crippen LogP contribution >= 0.6 is 27.3 Å². The summed E-state index contributed by atoms with van der Waals surface area (Å²) in [5.74, 6) is 0.217.